The molecule has 0 bridgehead atoms. The molecule has 26 heavy (non-hydrogen) atoms. The van der Waals surface area contributed by atoms with Crippen LogP contribution in [0.5, 0.6) is 5.75 Å². The highest BCUT2D eigenvalue weighted by Crippen LogP contribution is 2.24. The van der Waals surface area contributed by atoms with E-state index >= 15 is 0 Å². The van der Waals surface area contributed by atoms with Gasteiger partial charge in [-0.2, -0.15) is 0 Å². The summed E-state index contributed by atoms with van der Waals surface area (Å²) in [4.78, 5) is 11.2. The first-order valence-corrected chi connectivity index (χ1v) is 8.41. The molecule has 2 unspecified atom stereocenters. The number of ether oxygens (including phenoxy) is 2. The van der Waals surface area contributed by atoms with Gasteiger partial charge in [0.25, 0.3) is 0 Å². The minimum atomic E-state index is -0.962. The van der Waals surface area contributed by atoms with Crippen molar-refractivity contribution in [3.63, 3.8) is 0 Å². The van der Waals surface area contributed by atoms with Crippen LogP contribution in [0, 0.1) is 12.3 Å². The molecular formula is C22H22O4. The molecule has 4 nitrogen and oxygen atoms in total. The maximum Gasteiger partial charge on any atom is 0.333 e. The number of carboxylic acids is 1. The number of rotatable bonds is 9. The van der Waals surface area contributed by atoms with Crippen molar-refractivity contribution in [2.75, 3.05) is 6.61 Å². The molecule has 2 atom stereocenters. The van der Waals surface area contributed by atoms with E-state index in [1.54, 1.807) is 13.0 Å². The summed E-state index contributed by atoms with van der Waals surface area (Å²) < 4.78 is 11.3. The quantitative estimate of drug-likeness (QED) is 0.694. The Morgan fingerprint density at radius 3 is 2.46 bits per heavy atom. The fourth-order valence-corrected chi connectivity index (χ4v) is 2.49. The second kappa shape index (κ2) is 10.1. The van der Waals surface area contributed by atoms with E-state index in [2.05, 4.69) is 5.92 Å². The lowest BCUT2D eigenvalue weighted by atomic mass is 10.1. The maximum absolute atomic E-state index is 11.2. The number of aliphatic carboxylic acids is 1. The van der Waals surface area contributed by atoms with Crippen molar-refractivity contribution in [1.82, 2.24) is 0 Å². The summed E-state index contributed by atoms with van der Waals surface area (Å²) in [7, 11) is 0. The summed E-state index contributed by atoms with van der Waals surface area (Å²) in [5.74, 6) is 2.19. The van der Waals surface area contributed by atoms with Crippen molar-refractivity contribution < 1.29 is 19.4 Å². The molecule has 0 heterocycles. The van der Waals surface area contributed by atoms with Gasteiger partial charge in [0.2, 0.25) is 0 Å². The van der Waals surface area contributed by atoms with E-state index in [0.717, 1.165) is 11.1 Å². The number of hydrogen-bond donors (Lipinski definition) is 1. The molecule has 2 aromatic rings. The van der Waals surface area contributed by atoms with Gasteiger partial charge in [0.05, 0.1) is 0 Å². The normalized spacial score (nSPS) is 13.1. The molecule has 1 N–H and O–H groups in total. The van der Waals surface area contributed by atoms with E-state index in [-0.39, 0.29) is 6.10 Å². The number of benzene rings is 2. The minimum absolute atomic E-state index is 0.298. The molecule has 0 saturated carbocycles. The van der Waals surface area contributed by atoms with Crippen molar-refractivity contribution >= 4 is 5.97 Å². The predicted octanol–water partition coefficient (Wildman–Crippen LogP) is 4.03. The van der Waals surface area contributed by atoms with Crippen LogP contribution in [-0.2, 0) is 16.0 Å². The SMILES string of the molecule is C#CC=CC(Oc1ccc(CC(OCC)C(=O)O)cc1)c1ccccc1. The first-order chi connectivity index (χ1) is 12.6. The van der Waals surface area contributed by atoms with Crippen LogP contribution in [-0.4, -0.2) is 23.8 Å². The zero-order valence-electron chi connectivity index (χ0n) is 14.7. The van der Waals surface area contributed by atoms with Crippen molar-refractivity contribution in [3.8, 4) is 18.1 Å². The third-order valence-electron chi connectivity index (χ3n) is 3.75. The fraction of sp³-hybridized carbons (Fsp3) is 0.227. The van der Waals surface area contributed by atoms with Crippen LogP contribution in [0.3, 0.4) is 0 Å². The highest BCUT2D eigenvalue weighted by atomic mass is 16.5. The molecule has 0 saturated heterocycles. The van der Waals surface area contributed by atoms with Gasteiger partial charge in [0, 0.05) is 13.0 Å². The van der Waals surface area contributed by atoms with Crippen LogP contribution >= 0.6 is 0 Å². The largest absolute Gasteiger partial charge is 0.482 e. The molecule has 134 valence electrons. The lowest BCUT2D eigenvalue weighted by Crippen LogP contribution is -2.26. The van der Waals surface area contributed by atoms with E-state index in [0.29, 0.717) is 18.8 Å². The van der Waals surface area contributed by atoms with Gasteiger partial charge in [0.15, 0.2) is 6.10 Å². The average Bonchev–Trinajstić information content (AvgIpc) is 2.66. The molecule has 0 aliphatic carbocycles. The Bertz CT molecular complexity index is 757. The van der Waals surface area contributed by atoms with Gasteiger partial charge in [0.1, 0.15) is 11.9 Å². The molecule has 2 rings (SSSR count). The van der Waals surface area contributed by atoms with Gasteiger partial charge in [-0.15, -0.1) is 6.42 Å². The summed E-state index contributed by atoms with van der Waals surface area (Å²) in [6.07, 6.45) is 7.91. The summed E-state index contributed by atoms with van der Waals surface area (Å²) in [5, 5.41) is 9.17. The topological polar surface area (TPSA) is 55.8 Å². The monoisotopic (exact) mass is 350 g/mol. The van der Waals surface area contributed by atoms with E-state index in [1.807, 2.05) is 60.7 Å². The Hall–Kier alpha value is -3.03. The van der Waals surface area contributed by atoms with Crippen LogP contribution in [0.15, 0.2) is 66.7 Å². The lowest BCUT2D eigenvalue weighted by molar-refractivity contribution is -0.149. The van der Waals surface area contributed by atoms with Gasteiger partial charge >= 0.3 is 5.97 Å². The third-order valence-corrected chi connectivity index (χ3v) is 3.75. The molecular weight excluding hydrogens is 328 g/mol. The first-order valence-electron chi connectivity index (χ1n) is 8.41. The third kappa shape index (κ3) is 5.80. The van der Waals surface area contributed by atoms with E-state index in [4.69, 9.17) is 15.9 Å². The van der Waals surface area contributed by atoms with E-state index in [1.165, 1.54) is 0 Å². The van der Waals surface area contributed by atoms with Gasteiger partial charge in [-0.1, -0.05) is 48.4 Å². The Morgan fingerprint density at radius 1 is 1.19 bits per heavy atom. The second-order valence-electron chi connectivity index (χ2n) is 5.61. The zero-order chi connectivity index (χ0) is 18.8. The highest BCUT2D eigenvalue weighted by Gasteiger charge is 2.18. The summed E-state index contributed by atoms with van der Waals surface area (Å²) in [5.41, 5.74) is 1.86. The molecule has 0 radical (unpaired) electrons. The minimum Gasteiger partial charge on any atom is -0.482 e. The summed E-state index contributed by atoms with van der Waals surface area (Å²) >= 11 is 0. The molecule has 0 spiro atoms. The summed E-state index contributed by atoms with van der Waals surface area (Å²) in [6.45, 7) is 2.14. The van der Waals surface area contributed by atoms with Crippen molar-refractivity contribution in [2.24, 2.45) is 0 Å². The van der Waals surface area contributed by atoms with E-state index in [9.17, 15) is 9.90 Å². The van der Waals surface area contributed by atoms with Crippen LogP contribution in [0.1, 0.15) is 24.2 Å². The Labute approximate surface area is 154 Å². The summed E-state index contributed by atoms with van der Waals surface area (Å²) in [6, 6.07) is 17.1. The number of terminal acetylenes is 1. The van der Waals surface area contributed by atoms with Gasteiger partial charge in [-0.25, -0.2) is 4.79 Å². The number of allylic oxidation sites excluding steroid dienone is 1. The molecule has 0 aliphatic rings. The van der Waals surface area contributed by atoms with Crippen LogP contribution < -0.4 is 4.74 Å². The second-order valence-corrected chi connectivity index (χ2v) is 5.61. The highest BCUT2D eigenvalue weighted by molar-refractivity contribution is 5.72. The molecule has 0 amide bonds. The zero-order valence-corrected chi connectivity index (χ0v) is 14.7. The van der Waals surface area contributed by atoms with Gasteiger partial charge < -0.3 is 14.6 Å². The molecule has 2 aromatic carbocycles. The van der Waals surface area contributed by atoms with Crippen LogP contribution in [0.4, 0.5) is 0 Å². The van der Waals surface area contributed by atoms with Gasteiger partial charge in [-0.05, 0) is 42.3 Å². The standard InChI is InChI=1S/C22H22O4/c1-3-5-11-20(18-9-7-6-8-10-18)26-19-14-12-17(13-15-19)16-21(22(23)24)25-4-2/h1,5-15,20-21H,4,16H2,2H3,(H,23,24). The smallest absolute Gasteiger partial charge is 0.333 e. The Morgan fingerprint density at radius 2 is 1.88 bits per heavy atom. The van der Waals surface area contributed by atoms with E-state index < -0.39 is 12.1 Å². The molecule has 0 aliphatic heterocycles. The van der Waals surface area contributed by atoms with Gasteiger partial charge in [-0.3, -0.25) is 0 Å². The predicted molar refractivity (Wildman–Crippen MR) is 101 cm³/mol. The van der Waals surface area contributed by atoms with Crippen LogP contribution in [0.2, 0.25) is 0 Å². The van der Waals surface area contributed by atoms with Crippen molar-refractivity contribution in [1.29, 1.82) is 0 Å². The first kappa shape index (κ1) is 19.3. The number of hydrogen-bond acceptors (Lipinski definition) is 3. The Balaban J connectivity index is 2.10. The van der Waals surface area contributed by atoms with Crippen LogP contribution in [0.25, 0.3) is 0 Å². The average molecular weight is 350 g/mol. The molecule has 0 fully saturated rings. The fourth-order valence-electron chi connectivity index (χ4n) is 2.49. The number of carbonyl (C=O) groups is 1. The molecule has 0 aromatic heterocycles. The number of carboxylic acid groups (broad SMARTS) is 1. The van der Waals surface area contributed by atoms with Crippen molar-refractivity contribution in [2.45, 2.75) is 25.6 Å². The Kier molecular flexibility index (Phi) is 7.48. The lowest BCUT2D eigenvalue weighted by Gasteiger charge is -2.17. The van der Waals surface area contributed by atoms with Crippen molar-refractivity contribution in [3.05, 3.63) is 77.9 Å². The maximum atomic E-state index is 11.2. The molecule has 4 heteroatoms.